The van der Waals surface area contributed by atoms with Crippen LogP contribution in [0.5, 0.6) is 0 Å². The Morgan fingerprint density at radius 3 is 2.08 bits per heavy atom. The summed E-state index contributed by atoms with van der Waals surface area (Å²) in [6.07, 6.45) is 0. The summed E-state index contributed by atoms with van der Waals surface area (Å²) < 4.78 is 0. The highest BCUT2D eigenvalue weighted by Crippen LogP contribution is 2.20. The number of aliphatic hydroxyl groups excluding tert-OH is 3. The monoisotopic (exact) mass is 357 g/mol. The molecular formula is C20H23NO5. The Morgan fingerprint density at radius 1 is 0.923 bits per heavy atom. The van der Waals surface area contributed by atoms with E-state index in [2.05, 4.69) is 5.32 Å². The molecule has 0 fully saturated rings. The zero-order valence-electron chi connectivity index (χ0n) is 14.6. The van der Waals surface area contributed by atoms with Crippen LogP contribution in [0, 0.1) is 0 Å². The zero-order valence-corrected chi connectivity index (χ0v) is 14.6. The Bertz CT molecular complexity index is 748. The van der Waals surface area contributed by atoms with Gasteiger partial charge in [0.05, 0.1) is 25.7 Å². The first-order chi connectivity index (χ1) is 12.5. The number of carbonyl (C=O) groups is 2. The van der Waals surface area contributed by atoms with Crippen LogP contribution in [-0.4, -0.2) is 52.4 Å². The van der Waals surface area contributed by atoms with Crippen LogP contribution >= 0.6 is 0 Å². The van der Waals surface area contributed by atoms with Crippen LogP contribution in [0.1, 0.15) is 34.3 Å². The van der Waals surface area contributed by atoms with E-state index in [4.69, 9.17) is 0 Å². The van der Waals surface area contributed by atoms with Gasteiger partial charge in [-0.1, -0.05) is 48.5 Å². The predicted molar refractivity (Wildman–Crippen MR) is 96.9 cm³/mol. The third kappa shape index (κ3) is 4.35. The van der Waals surface area contributed by atoms with Gasteiger partial charge >= 0.3 is 0 Å². The van der Waals surface area contributed by atoms with Gasteiger partial charge in [-0.2, -0.15) is 0 Å². The smallest absolute Gasteiger partial charge is 0.227 e. The van der Waals surface area contributed by atoms with E-state index in [0.717, 1.165) is 0 Å². The number of aliphatic hydroxyl groups is 3. The minimum Gasteiger partial charge on any atom is -0.394 e. The lowest BCUT2D eigenvalue weighted by Gasteiger charge is -2.30. The molecule has 0 aliphatic heterocycles. The maximum Gasteiger partial charge on any atom is 0.227 e. The number of hydrogen-bond acceptors (Lipinski definition) is 5. The highest BCUT2D eigenvalue weighted by Gasteiger charge is 2.32. The van der Waals surface area contributed by atoms with Gasteiger partial charge in [-0.25, -0.2) is 0 Å². The molecule has 138 valence electrons. The molecule has 2 aromatic rings. The third-order valence-electron chi connectivity index (χ3n) is 4.37. The van der Waals surface area contributed by atoms with Gasteiger partial charge in [0.15, 0.2) is 5.78 Å². The first-order valence-corrected chi connectivity index (χ1v) is 8.30. The van der Waals surface area contributed by atoms with E-state index in [1.54, 1.807) is 55.5 Å². The molecule has 26 heavy (non-hydrogen) atoms. The van der Waals surface area contributed by atoms with Gasteiger partial charge in [0.2, 0.25) is 5.91 Å². The summed E-state index contributed by atoms with van der Waals surface area (Å²) in [4.78, 5) is 25.0. The van der Waals surface area contributed by atoms with E-state index >= 15 is 0 Å². The summed E-state index contributed by atoms with van der Waals surface area (Å²) in [5.41, 5.74) is 0.155. The van der Waals surface area contributed by atoms with Crippen LogP contribution in [0.2, 0.25) is 0 Å². The Morgan fingerprint density at radius 2 is 1.50 bits per heavy atom. The summed E-state index contributed by atoms with van der Waals surface area (Å²) in [5.74, 6) is -1.25. The van der Waals surface area contributed by atoms with Crippen LogP contribution in [0.3, 0.4) is 0 Å². The summed E-state index contributed by atoms with van der Waals surface area (Å²) in [6, 6.07) is 15.6. The molecule has 0 bridgehead atoms. The van der Waals surface area contributed by atoms with Gasteiger partial charge in [0, 0.05) is 11.1 Å². The zero-order chi connectivity index (χ0) is 19.2. The van der Waals surface area contributed by atoms with Gasteiger partial charge in [-0.15, -0.1) is 0 Å². The minimum atomic E-state index is -1.48. The summed E-state index contributed by atoms with van der Waals surface area (Å²) in [5, 5.41) is 30.5. The van der Waals surface area contributed by atoms with Crippen LogP contribution in [-0.2, 0) is 4.79 Å². The molecule has 1 unspecified atom stereocenters. The number of benzene rings is 2. The molecule has 0 spiro atoms. The fourth-order valence-corrected chi connectivity index (χ4v) is 2.50. The van der Waals surface area contributed by atoms with Crippen molar-refractivity contribution < 1.29 is 24.9 Å². The molecule has 1 amide bonds. The molecule has 2 rings (SSSR count). The van der Waals surface area contributed by atoms with Crippen LogP contribution in [0.15, 0.2) is 54.6 Å². The van der Waals surface area contributed by atoms with Gasteiger partial charge in [-0.05, 0) is 18.6 Å². The average molecular weight is 357 g/mol. The molecular weight excluding hydrogens is 334 g/mol. The standard InChI is InChI=1S/C20H23NO5/c1-14(19(26)21-20(11-22,12-23)13-24)16-8-5-9-17(10-16)18(25)15-6-3-2-4-7-15/h2-10,14,22-24H,11-13H2,1H3,(H,21,26). The maximum absolute atomic E-state index is 12.6. The van der Waals surface area contributed by atoms with E-state index < -0.39 is 37.2 Å². The molecule has 0 radical (unpaired) electrons. The molecule has 0 saturated carbocycles. The Labute approximate surface area is 152 Å². The first-order valence-electron chi connectivity index (χ1n) is 8.30. The normalized spacial score (nSPS) is 12.5. The maximum atomic E-state index is 12.6. The number of rotatable bonds is 8. The molecule has 4 N–H and O–H groups in total. The van der Waals surface area contributed by atoms with Crippen molar-refractivity contribution in [2.24, 2.45) is 0 Å². The van der Waals surface area contributed by atoms with Crippen molar-refractivity contribution in [3.05, 3.63) is 71.3 Å². The Kier molecular flexibility index (Phi) is 6.63. The molecule has 6 heteroatoms. The number of nitrogens with one attached hydrogen (secondary N) is 1. The Hall–Kier alpha value is -2.54. The quantitative estimate of drug-likeness (QED) is 0.524. The number of hydrogen-bond donors (Lipinski definition) is 4. The van der Waals surface area contributed by atoms with Gasteiger partial charge in [-0.3, -0.25) is 9.59 Å². The molecule has 6 nitrogen and oxygen atoms in total. The van der Waals surface area contributed by atoms with Gasteiger partial charge in [0.25, 0.3) is 0 Å². The highest BCUT2D eigenvalue weighted by atomic mass is 16.3. The summed E-state index contributed by atoms with van der Waals surface area (Å²) >= 11 is 0. The van der Waals surface area contributed by atoms with Crippen molar-refractivity contribution >= 4 is 11.7 Å². The van der Waals surface area contributed by atoms with E-state index in [-0.39, 0.29) is 5.78 Å². The second kappa shape index (κ2) is 8.71. The SMILES string of the molecule is CC(C(=O)NC(CO)(CO)CO)c1cccc(C(=O)c2ccccc2)c1. The third-order valence-corrected chi connectivity index (χ3v) is 4.37. The fourth-order valence-electron chi connectivity index (χ4n) is 2.50. The number of carbonyl (C=O) groups excluding carboxylic acids is 2. The van der Waals surface area contributed by atoms with Crippen molar-refractivity contribution in [2.75, 3.05) is 19.8 Å². The molecule has 0 heterocycles. The van der Waals surface area contributed by atoms with Crippen molar-refractivity contribution in [3.8, 4) is 0 Å². The molecule has 0 aromatic heterocycles. The molecule has 0 aliphatic carbocycles. The average Bonchev–Trinajstić information content (AvgIpc) is 2.71. The number of ketones is 1. The van der Waals surface area contributed by atoms with Crippen LogP contribution in [0.25, 0.3) is 0 Å². The van der Waals surface area contributed by atoms with Crippen molar-refractivity contribution in [1.29, 1.82) is 0 Å². The molecule has 2 aromatic carbocycles. The van der Waals surface area contributed by atoms with Crippen molar-refractivity contribution in [2.45, 2.75) is 18.4 Å². The largest absolute Gasteiger partial charge is 0.394 e. The van der Waals surface area contributed by atoms with Crippen LogP contribution < -0.4 is 5.32 Å². The molecule has 0 saturated heterocycles. The van der Waals surface area contributed by atoms with Crippen molar-refractivity contribution in [1.82, 2.24) is 5.32 Å². The van der Waals surface area contributed by atoms with Crippen LogP contribution in [0.4, 0.5) is 0 Å². The second-order valence-corrected chi connectivity index (χ2v) is 6.29. The summed E-state index contributed by atoms with van der Waals surface area (Å²) in [6.45, 7) is -0.126. The first kappa shape index (κ1) is 19.8. The van der Waals surface area contributed by atoms with E-state index in [9.17, 15) is 24.9 Å². The second-order valence-electron chi connectivity index (χ2n) is 6.29. The van der Waals surface area contributed by atoms with Gasteiger partial charge in [0.1, 0.15) is 5.54 Å². The lowest BCUT2D eigenvalue weighted by Crippen LogP contribution is -2.57. The summed E-state index contributed by atoms with van der Waals surface area (Å²) in [7, 11) is 0. The van der Waals surface area contributed by atoms with Gasteiger partial charge < -0.3 is 20.6 Å². The predicted octanol–water partition coefficient (Wildman–Crippen LogP) is 0.853. The van der Waals surface area contributed by atoms with E-state index in [1.807, 2.05) is 6.07 Å². The topological polar surface area (TPSA) is 107 Å². The molecule has 1 atom stereocenters. The highest BCUT2D eigenvalue weighted by molar-refractivity contribution is 6.09. The van der Waals surface area contributed by atoms with Crippen molar-refractivity contribution in [3.63, 3.8) is 0 Å². The van der Waals surface area contributed by atoms with E-state index in [0.29, 0.717) is 16.7 Å². The lowest BCUT2D eigenvalue weighted by atomic mass is 9.94. The Balaban J connectivity index is 2.21. The number of amides is 1. The molecule has 0 aliphatic rings. The fraction of sp³-hybridized carbons (Fsp3) is 0.300. The minimum absolute atomic E-state index is 0.143. The lowest BCUT2D eigenvalue weighted by molar-refractivity contribution is -0.126. The van der Waals surface area contributed by atoms with E-state index in [1.165, 1.54) is 0 Å².